The van der Waals surface area contributed by atoms with Gasteiger partial charge in [0, 0.05) is 18.2 Å². The number of nitrogens with zero attached hydrogens (tertiary/aromatic N) is 1. The number of allylic oxidation sites excluding steroid dienone is 5. The van der Waals surface area contributed by atoms with E-state index in [0.29, 0.717) is 18.9 Å². The zero-order chi connectivity index (χ0) is 16.1. The molecule has 2 N–H and O–H groups in total. The van der Waals surface area contributed by atoms with E-state index >= 15 is 0 Å². The molecule has 2 nitrogen and oxygen atoms in total. The van der Waals surface area contributed by atoms with E-state index in [2.05, 4.69) is 29.3 Å². The predicted molar refractivity (Wildman–Crippen MR) is 94.0 cm³/mol. The molecular weight excluding hydrogens is 287 g/mol. The van der Waals surface area contributed by atoms with Gasteiger partial charge in [-0.05, 0) is 61.4 Å². The zero-order valence-electron chi connectivity index (χ0n) is 13.3. The van der Waals surface area contributed by atoms with Crippen LogP contribution in [0.2, 0.25) is 0 Å². The Morgan fingerprint density at radius 2 is 2.00 bits per heavy atom. The third-order valence-electron chi connectivity index (χ3n) is 4.57. The minimum Gasteiger partial charge on any atom is -0.330 e. The van der Waals surface area contributed by atoms with Crippen LogP contribution >= 0.6 is 0 Å². The second-order valence-electron chi connectivity index (χ2n) is 6.25. The van der Waals surface area contributed by atoms with Crippen molar-refractivity contribution in [1.29, 1.82) is 0 Å². The van der Waals surface area contributed by atoms with E-state index in [1.807, 2.05) is 12.3 Å². The lowest BCUT2D eigenvalue weighted by Crippen LogP contribution is -2.12. The van der Waals surface area contributed by atoms with E-state index in [1.54, 1.807) is 12.2 Å². The second-order valence-corrected chi connectivity index (χ2v) is 6.25. The number of rotatable bonds is 7. The number of halogens is 1. The van der Waals surface area contributed by atoms with Crippen molar-refractivity contribution < 1.29 is 4.39 Å². The maximum absolute atomic E-state index is 13.5. The maximum Gasteiger partial charge on any atom is 0.120 e. The fourth-order valence-electron chi connectivity index (χ4n) is 3.30. The Balaban J connectivity index is 1.60. The molecule has 23 heavy (non-hydrogen) atoms. The average molecular weight is 310 g/mol. The van der Waals surface area contributed by atoms with Crippen LogP contribution in [0, 0.1) is 5.92 Å². The van der Waals surface area contributed by atoms with Crippen molar-refractivity contribution in [2.45, 2.75) is 32.1 Å². The van der Waals surface area contributed by atoms with E-state index in [0.717, 1.165) is 37.0 Å². The normalized spacial score (nSPS) is 17.8. The number of benzene rings is 1. The maximum atomic E-state index is 13.5. The molecule has 0 spiro atoms. The number of aliphatic imine (C=N–C) groups is 1. The average Bonchev–Trinajstić information content (AvgIpc) is 2.96. The summed E-state index contributed by atoms with van der Waals surface area (Å²) in [5.74, 6) is 0.409. The number of hydrogen-bond acceptors (Lipinski definition) is 2. The highest BCUT2D eigenvalue weighted by molar-refractivity contribution is 6.08. The molecule has 1 atom stereocenters. The summed E-state index contributed by atoms with van der Waals surface area (Å²) in [6, 6.07) is 10.5. The van der Waals surface area contributed by atoms with Crippen molar-refractivity contribution in [2.75, 3.05) is 6.54 Å². The molecule has 0 saturated heterocycles. The first kappa shape index (κ1) is 15.9. The fourth-order valence-corrected chi connectivity index (χ4v) is 3.30. The van der Waals surface area contributed by atoms with Gasteiger partial charge in [-0.2, -0.15) is 0 Å². The molecule has 0 bridgehead atoms. The molecule has 0 saturated carbocycles. The third kappa shape index (κ3) is 4.05. The van der Waals surface area contributed by atoms with Crippen LogP contribution in [0.4, 0.5) is 4.39 Å². The van der Waals surface area contributed by atoms with E-state index < -0.39 is 0 Å². The van der Waals surface area contributed by atoms with Crippen LogP contribution < -0.4 is 5.73 Å². The van der Waals surface area contributed by atoms with Gasteiger partial charge in [0.25, 0.3) is 0 Å². The van der Waals surface area contributed by atoms with Gasteiger partial charge in [-0.1, -0.05) is 30.3 Å². The molecular formula is C20H23FN2. The summed E-state index contributed by atoms with van der Waals surface area (Å²) in [7, 11) is 0. The predicted octanol–water partition coefficient (Wildman–Crippen LogP) is 4.50. The molecule has 2 aliphatic rings. The topological polar surface area (TPSA) is 38.4 Å². The van der Waals surface area contributed by atoms with Gasteiger partial charge in [0.2, 0.25) is 0 Å². The smallest absolute Gasteiger partial charge is 0.120 e. The van der Waals surface area contributed by atoms with E-state index in [4.69, 9.17) is 5.73 Å². The first-order valence-corrected chi connectivity index (χ1v) is 8.34. The van der Waals surface area contributed by atoms with E-state index in [1.165, 1.54) is 11.1 Å². The quantitative estimate of drug-likeness (QED) is 0.791. The van der Waals surface area contributed by atoms with Gasteiger partial charge in [-0.15, -0.1) is 0 Å². The molecule has 3 heteroatoms. The van der Waals surface area contributed by atoms with Crippen LogP contribution in [0.5, 0.6) is 0 Å². The third-order valence-corrected chi connectivity index (χ3v) is 4.57. The van der Waals surface area contributed by atoms with Crippen molar-refractivity contribution in [3.8, 4) is 0 Å². The molecule has 1 aromatic carbocycles. The minimum absolute atomic E-state index is 0.144. The summed E-state index contributed by atoms with van der Waals surface area (Å²) < 4.78 is 13.5. The van der Waals surface area contributed by atoms with Crippen LogP contribution in [0.15, 0.2) is 70.6 Å². The van der Waals surface area contributed by atoms with Gasteiger partial charge in [0.15, 0.2) is 0 Å². The monoisotopic (exact) mass is 310 g/mol. The first-order valence-electron chi connectivity index (χ1n) is 8.34. The lowest BCUT2D eigenvalue weighted by molar-refractivity contribution is 0.455. The van der Waals surface area contributed by atoms with Gasteiger partial charge in [-0.3, -0.25) is 4.99 Å². The summed E-state index contributed by atoms with van der Waals surface area (Å²) in [4.78, 5) is 4.43. The molecule has 0 amide bonds. The minimum atomic E-state index is -0.144. The molecule has 1 aromatic rings. The summed E-state index contributed by atoms with van der Waals surface area (Å²) in [6.45, 7) is 0.707. The van der Waals surface area contributed by atoms with Crippen molar-refractivity contribution in [3.05, 3.63) is 71.2 Å². The zero-order valence-corrected chi connectivity index (χ0v) is 13.3. The molecule has 1 unspecified atom stereocenters. The van der Waals surface area contributed by atoms with Crippen LogP contribution in [-0.4, -0.2) is 12.3 Å². The van der Waals surface area contributed by atoms with Crippen molar-refractivity contribution >= 4 is 5.71 Å². The summed E-state index contributed by atoms with van der Waals surface area (Å²) in [5.41, 5.74) is 10.3. The lowest BCUT2D eigenvalue weighted by Gasteiger charge is -2.18. The molecule has 120 valence electrons. The Morgan fingerprint density at radius 1 is 1.17 bits per heavy atom. The Kier molecular flexibility index (Phi) is 5.19. The summed E-state index contributed by atoms with van der Waals surface area (Å²) in [6.07, 6.45) is 9.79. The van der Waals surface area contributed by atoms with Gasteiger partial charge < -0.3 is 5.73 Å². The Hall–Kier alpha value is -2.00. The van der Waals surface area contributed by atoms with Crippen molar-refractivity contribution in [1.82, 2.24) is 0 Å². The molecule has 0 radical (unpaired) electrons. The van der Waals surface area contributed by atoms with E-state index in [-0.39, 0.29) is 5.83 Å². The van der Waals surface area contributed by atoms with Crippen LogP contribution in [0.1, 0.15) is 31.2 Å². The number of fused-ring (bicyclic) bond motifs is 1. The molecule has 1 heterocycles. The van der Waals surface area contributed by atoms with Gasteiger partial charge in [0.05, 0.1) is 5.71 Å². The van der Waals surface area contributed by atoms with Crippen molar-refractivity contribution in [2.24, 2.45) is 16.6 Å². The van der Waals surface area contributed by atoms with Crippen LogP contribution in [-0.2, 0) is 6.42 Å². The highest BCUT2D eigenvalue weighted by atomic mass is 19.1. The van der Waals surface area contributed by atoms with Crippen LogP contribution in [0.3, 0.4) is 0 Å². The molecule has 1 aliphatic heterocycles. The Bertz CT molecular complexity index is 668. The van der Waals surface area contributed by atoms with E-state index in [9.17, 15) is 4.39 Å². The number of nitrogens with two attached hydrogens (primary N) is 1. The Labute approximate surface area is 137 Å². The Morgan fingerprint density at radius 3 is 2.78 bits per heavy atom. The summed E-state index contributed by atoms with van der Waals surface area (Å²) in [5, 5.41) is 0. The highest BCUT2D eigenvalue weighted by Gasteiger charge is 2.21. The highest BCUT2D eigenvalue weighted by Crippen LogP contribution is 2.31. The van der Waals surface area contributed by atoms with Gasteiger partial charge in [-0.25, -0.2) is 4.39 Å². The first-order chi connectivity index (χ1) is 11.3. The van der Waals surface area contributed by atoms with Gasteiger partial charge >= 0.3 is 0 Å². The summed E-state index contributed by atoms with van der Waals surface area (Å²) >= 11 is 0. The molecule has 3 rings (SSSR count). The lowest BCUT2D eigenvalue weighted by atomic mass is 9.87. The molecule has 0 fully saturated rings. The molecule has 0 aromatic heterocycles. The van der Waals surface area contributed by atoms with Crippen LogP contribution in [0.25, 0.3) is 0 Å². The van der Waals surface area contributed by atoms with Gasteiger partial charge in [0.1, 0.15) is 5.83 Å². The van der Waals surface area contributed by atoms with Crippen molar-refractivity contribution in [3.63, 3.8) is 0 Å². The largest absolute Gasteiger partial charge is 0.330 e. The SMILES string of the molecule is NCCC(CCC1=CN=C2CC=C(F)C=C12)Cc1ccccc1. The second kappa shape index (κ2) is 7.51. The molecule has 1 aliphatic carbocycles. The number of hydrogen-bond donors (Lipinski definition) is 1. The standard InChI is InChI=1S/C20H23FN2/c21-18-8-9-20-19(13-18)17(14-23-20)7-6-16(10-11-22)12-15-4-2-1-3-5-15/h1-5,8,13-14,16H,6-7,9-12,22H2. The fraction of sp³-hybridized carbons (Fsp3) is 0.350.